The highest BCUT2D eigenvalue weighted by atomic mass is 32.3. The Kier molecular flexibility index (Phi) is 5.69. The number of aliphatic imine (C=N–C) groups is 1. The highest BCUT2D eigenvalue weighted by molar-refractivity contribution is 8.04. The summed E-state index contributed by atoms with van der Waals surface area (Å²) in [6.07, 6.45) is 3.93. The van der Waals surface area contributed by atoms with Gasteiger partial charge in [-0.1, -0.05) is 0 Å². The van der Waals surface area contributed by atoms with E-state index in [0.29, 0.717) is 13.0 Å². The van der Waals surface area contributed by atoms with Gasteiger partial charge in [0.1, 0.15) is 34.4 Å². The van der Waals surface area contributed by atoms with Crippen molar-refractivity contribution in [2.45, 2.75) is 49.1 Å². The molecule has 0 bridgehead atoms. The van der Waals surface area contributed by atoms with Gasteiger partial charge in [-0.15, -0.1) is 0 Å². The number of nitrogens with zero attached hydrogens (tertiary/aromatic N) is 4. The van der Waals surface area contributed by atoms with Gasteiger partial charge in [0.25, 0.3) is 5.91 Å². The first-order valence-corrected chi connectivity index (χ1v) is 12.4. The lowest BCUT2D eigenvalue weighted by Crippen LogP contribution is -2.69. The maximum Gasteiger partial charge on any atom is 0.277 e. The van der Waals surface area contributed by atoms with E-state index >= 15 is 4.39 Å². The molecule has 12 heteroatoms. The van der Waals surface area contributed by atoms with Gasteiger partial charge in [0.05, 0.1) is 29.5 Å². The van der Waals surface area contributed by atoms with E-state index in [-0.39, 0.29) is 28.9 Å². The Labute approximate surface area is 192 Å². The largest absolute Gasteiger partial charge is 0.480 e. The predicted molar refractivity (Wildman–Crippen MR) is 124 cm³/mol. The number of thiol groups is 1. The molecule has 1 saturated heterocycles. The van der Waals surface area contributed by atoms with E-state index < -0.39 is 37.4 Å². The van der Waals surface area contributed by atoms with E-state index in [2.05, 4.69) is 30.0 Å². The second-order valence-electron chi connectivity index (χ2n) is 8.85. The molecule has 2 aliphatic rings. The van der Waals surface area contributed by atoms with Gasteiger partial charge in [0.15, 0.2) is 0 Å². The maximum atomic E-state index is 15.1. The third-order valence-electron chi connectivity index (χ3n) is 6.54. The summed E-state index contributed by atoms with van der Waals surface area (Å²) in [6.45, 7) is 5.89. The van der Waals surface area contributed by atoms with Gasteiger partial charge in [-0.3, -0.25) is 18.7 Å². The summed E-state index contributed by atoms with van der Waals surface area (Å²) < 4.78 is 36.5. The number of amides is 1. The molecule has 2 atom stereocenters. The number of fused-ring (bicyclic) bond motifs is 1. The number of rotatable bonds is 4. The number of halogens is 1. The SMILES string of the molecule is COc1cnc(C(=O)Nc2ccc(F)c(C3(C)N=C(N)C(C)(C)[SH]4(=O)NCCC[C@@H]34)n2)cn1. The van der Waals surface area contributed by atoms with Gasteiger partial charge in [0.2, 0.25) is 5.88 Å². The summed E-state index contributed by atoms with van der Waals surface area (Å²) in [5.41, 5.74) is 5.03. The van der Waals surface area contributed by atoms with Crippen molar-refractivity contribution in [1.82, 2.24) is 19.7 Å². The van der Waals surface area contributed by atoms with Crippen molar-refractivity contribution < 1.29 is 18.1 Å². The highest BCUT2D eigenvalue weighted by Crippen LogP contribution is 2.48. The lowest BCUT2D eigenvalue weighted by Gasteiger charge is -2.55. The number of ether oxygens (including phenoxy) is 1. The standard InChI is InChI=1S/C21H28FN7O3S/c1-20(2)19(23)29-21(3,14-6-5-9-26-33(14,20)31)17-12(22)7-8-15(27-17)28-18(30)13-10-25-16(32-4)11-24-13/h7-8,10-11,14,33H,5-6,9H2,1-4H3,(H2,23,29)(H,26,31)(H,27,28,30)/t14-,21?/m0/s1. The normalized spacial score (nSPS) is 26.5. The third kappa shape index (κ3) is 3.66. The number of methoxy groups -OCH3 is 1. The Balaban J connectivity index is 1.73. The number of amidine groups is 1. The summed E-state index contributed by atoms with van der Waals surface area (Å²) in [6, 6.07) is 2.55. The minimum Gasteiger partial charge on any atom is -0.480 e. The van der Waals surface area contributed by atoms with Crippen LogP contribution in [0, 0.1) is 5.82 Å². The zero-order valence-corrected chi connectivity index (χ0v) is 19.8. The molecule has 33 heavy (non-hydrogen) atoms. The molecule has 4 N–H and O–H groups in total. The van der Waals surface area contributed by atoms with Gasteiger partial charge < -0.3 is 15.8 Å². The minimum atomic E-state index is -3.11. The molecule has 10 nitrogen and oxygen atoms in total. The van der Waals surface area contributed by atoms with E-state index in [1.165, 1.54) is 31.6 Å². The molecule has 178 valence electrons. The number of hydrogen-bond acceptors (Lipinski definition) is 8. The summed E-state index contributed by atoms with van der Waals surface area (Å²) in [5.74, 6) is -0.635. The topological polar surface area (TPSA) is 144 Å². The number of carbonyl (C=O) groups excluding carboxylic acids is 1. The molecule has 0 aromatic carbocycles. The van der Waals surface area contributed by atoms with Crippen molar-refractivity contribution in [3.8, 4) is 5.88 Å². The van der Waals surface area contributed by atoms with E-state index in [0.717, 1.165) is 6.42 Å². The Hall–Kier alpha value is -2.99. The number of hydrogen-bond donors (Lipinski definition) is 4. The first kappa shape index (κ1) is 23.2. The van der Waals surface area contributed by atoms with Crippen LogP contribution in [-0.4, -0.2) is 54.6 Å². The monoisotopic (exact) mass is 477 g/mol. The van der Waals surface area contributed by atoms with Crippen LogP contribution in [0.15, 0.2) is 29.5 Å². The average molecular weight is 478 g/mol. The van der Waals surface area contributed by atoms with Crippen LogP contribution in [0.3, 0.4) is 0 Å². The van der Waals surface area contributed by atoms with E-state index in [1.807, 2.05) is 0 Å². The molecule has 2 aliphatic heterocycles. The molecule has 4 heterocycles. The molecule has 0 spiro atoms. The van der Waals surface area contributed by atoms with Crippen molar-refractivity contribution >= 4 is 27.7 Å². The van der Waals surface area contributed by atoms with Gasteiger partial charge in [0, 0.05) is 6.54 Å². The summed E-state index contributed by atoms with van der Waals surface area (Å²) in [7, 11) is -1.67. The number of pyridine rings is 1. The van der Waals surface area contributed by atoms with Crippen molar-refractivity contribution in [3.05, 3.63) is 41.7 Å². The molecule has 0 saturated carbocycles. The first-order chi connectivity index (χ1) is 15.5. The van der Waals surface area contributed by atoms with Crippen molar-refractivity contribution in [2.24, 2.45) is 10.7 Å². The second kappa shape index (κ2) is 8.10. The smallest absolute Gasteiger partial charge is 0.277 e. The van der Waals surface area contributed by atoms with Gasteiger partial charge in [-0.25, -0.2) is 19.3 Å². The zero-order valence-electron chi connectivity index (χ0n) is 18.9. The second-order valence-corrected chi connectivity index (χ2v) is 12.2. The van der Waals surface area contributed by atoms with Crippen LogP contribution in [-0.2, 0) is 15.7 Å². The van der Waals surface area contributed by atoms with E-state index in [1.54, 1.807) is 20.8 Å². The van der Waals surface area contributed by atoms with Gasteiger partial charge in [-0.2, -0.15) is 0 Å². The number of aromatic nitrogens is 3. The Morgan fingerprint density at radius 2 is 2.06 bits per heavy atom. The fourth-order valence-electron chi connectivity index (χ4n) is 4.48. The van der Waals surface area contributed by atoms with E-state index in [4.69, 9.17) is 10.5 Å². The van der Waals surface area contributed by atoms with Crippen LogP contribution in [0.25, 0.3) is 0 Å². The van der Waals surface area contributed by atoms with Crippen LogP contribution >= 0.6 is 0 Å². The molecule has 1 unspecified atom stereocenters. The molecule has 0 aliphatic carbocycles. The van der Waals surface area contributed by atoms with Gasteiger partial charge >= 0.3 is 0 Å². The average Bonchev–Trinajstić information content (AvgIpc) is 2.79. The summed E-state index contributed by atoms with van der Waals surface area (Å²) in [4.78, 5) is 29.6. The maximum absolute atomic E-state index is 15.1. The number of nitrogens with one attached hydrogen (secondary N) is 2. The lowest BCUT2D eigenvalue weighted by molar-refractivity contribution is 0.102. The van der Waals surface area contributed by atoms with Crippen molar-refractivity contribution in [3.63, 3.8) is 0 Å². The summed E-state index contributed by atoms with van der Waals surface area (Å²) in [5, 5.41) is 2.11. The molecule has 4 rings (SSSR count). The Morgan fingerprint density at radius 3 is 2.73 bits per heavy atom. The quantitative estimate of drug-likeness (QED) is 0.486. The zero-order chi connectivity index (χ0) is 24.0. The van der Waals surface area contributed by atoms with Crippen LogP contribution in [0.2, 0.25) is 0 Å². The van der Waals surface area contributed by atoms with Crippen LogP contribution in [0.5, 0.6) is 5.88 Å². The van der Waals surface area contributed by atoms with Gasteiger partial charge in [-0.05, 0) is 55.9 Å². The number of nitrogens with two attached hydrogens (primary N) is 1. The number of anilines is 1. The van der Waals surface area contributed by atoms with Crippen molar-refractivity contribution in [1.29, 1.82) is 0 Å². The Bertz CT molecular complexity index is 1170. The lowest BCUT2D eigenvalue weighted by atomic mass is 9.89. The predicted octanol–water partition coefficient (Wildman–Crippen LogP) is 1.32. The summed E-state index contributed by atoms with van der Waals surface area (Å²) >= 11 is 0. The van der Waals surface area contributed by atoms with Crippen LogP contribution < -0.4 is 20.5 Å². The number of carbonyl (C=O) groups is 1. The van der Waals surface area contributed by atoms with Crippen LogP contribution in [0.4, 0.5) is 10.2 Å². The molecular formula is C21H28FN7O3S. The van der Waals surface area contributed by atoms with Crippen LogP contribution in [0.1, 0.15) is 49.8 Å². The third-order valence-corrected chi connectivity index (χ3v) is 10.8. The molecule has 1 fully saturated rings. The molecule has 1 amide bonds. The Morgan fingerprint density at radius 1 is 1.30 bits per heavy atom. The molecular weight excluding hydrogens is 449 g/mol. The molecule has 0 radical (unpaired) electrons. The highest BCUT2D eigenvalue weighted by Gasteiger charge is 2.57. The fourth-order valence-corrected chi connectivity index (χ4v) is 8.19. The fraction of sp³-hybridized carbons (Fsp3) is 0.476. The molecule has 2 aromatic heterocycles. The minimum absolute atomic E-state index is 0.0199. The van der Waals surface area contributed by atoms with E-state index in [9.17, 15) is 9.00 Å². The van der Waals surface area contributed by atoms with Crippen molar-refractivity contribution in [2.75, 3.05) is 19.0 Å². The molecule has 2 aromatic rings. The first-order valence-electron chi connectivity index (χ1n) is 10.6.